The number of rotatable bonds is 16. The Hall–Kier alpha value is -3.94. The van der Waals surface area contributed by atoms with Crippen molar-refractivity contribution < 1.29 is 30.0 Å². The van der Waals surface area contributed by atoms with Crippen LogP contribution < -0.4 is 10.0 Å². The van der Waals surface area contributed by atoms with Crippen molar-refractivity contribution in [3.8, 4) is 11.1 Å². The van der Waals surface area contributed by atoms with Gasteiger partial charge in [0.05, 0.1) is 16.3 Å². The molecule has 1 aromatic heterocycles. The van der Waals surface area contributed by atoms with Crippen LogP contribution in [0.1, 0.15) is 36.1 Å². The number of piperidine rings is 1. The fourth-order valence-corrected chi connectivity index (χ4v) is 11.4. The molecule has 0 unspecified atom stereocenters. The Balaban J connectivity index is 1.04. The summed E-state index contributed by atoms with van der Waals surface area (Å²) in [6, 6.07) is 25.8. The van der Waals surface area contributed by atoms with E-state index in [0.717, 1.165) is 55.1 Å². The molecule has 336 valence electrons. The van der Waals surface area contributed by atoms with Crippen molar-refractivity contribution in [2.45, 2.75) is 71.1 Å². The van der Waals surface area contributed by atoms with Gasteiger partial charge in [-0.25, -0.2) is 26.8 Å². The smallest absolute Gasteiger partial charge is 0.380 e. The average molecular weight is 963 g/mol. The molecule has 0 spiro atoms. The lowest BCUT2D eigenvalue weighted by Gasteiger charge is -2.40. The summed E-state index contributed by atoms with van der Waals surface area (Å²) < 4.78 is 98.9. The molecule has 4 aromatic carbocycles. The maximum atomic E-state index is 14.2. The maximum Gasteiger partial charge on any atom is 0.501 e. The Morgan fingerprint density at radius 2 is 1.63 bits per heavy atom. The molecule has 1 fully saturated rings. The first-order valence-corrected chi connectivity index (χ1v) is 25.1. The summed E-state index contributed by atoms with van der Waals surface area (Å²) in [5.41, 5.74) is -1.31. The SMILES string of the molecule is CN(C)CC[C@H](CSc1cccc(Cl)c1)Nc1ccc(S(=O)(=O)Nc2ncnc3c2CCN(C2CCN(Cc4ccccc4-c4ccc(Cl)cc4)CC2)C3)cc1S(=O)(=O)C(F)(F)F. The molecule has 19 heteroatoms. The molecular formula is C44H48Cl2F3N7O4S3. The highest BCUT2D eigenvalue weighted by Crippen LogP contribution is 2.38. The lowest BCUT2D eigenvalue weighted by Crippen LogP contribution is -2.46. The number of hydrogen-bond donors (Lipinski definition) is 2. The van der Waals surface area contributed by atoms with Gasteiger partial charge in [-0.2, -0.15) is 13.2 Å². The van der Waals surface area contributed by atoms with E-state index < -0.39 is 41.2 Å². The van der Waals surface area contributed by atoms with E-state index in [0.29, 0.717) is 65.6 Å². The molecule has 1 saturated heterocycles. The van der Waals surface area contributed by atoms with Crippen molar-refractivity contribution >= 4 is 66.3 Å². The van der Waals surface area contributed by atoms with Crippen molar-refractivity contribution in [2.75, 3.05) is 56.1 Å². The van der Waals surface area contributed by atoms with Crippen molar-refractivity contribution in [3.63, 3.8) is 0 Å². The van der Waals surface area contributed by atoms with Crippen LogP contribution in [0.3, 0.4) is 0 Å². The zero-order valence-electron chi connectivity index (χ0n) is 34.7. The highest BCUT2D eigenvalue weighted by molar-refractivity contribution is 7.99. The van der Waals surface area contributed by atoms with Crippen molar-refractivity contribution in [2.24, 2.45) is 0 Å². The monoisotopic (exact) mass is 961 g/mol. The predicted octanol–water partition coefficient (Wildman–Crippen LogP) is 9.09. The fourth-order valence-electron chi connectivity index (χ4n) is 7.93. The number of nitrogens with zero attached hydrogens (tertiary/aromatic N) is 5. The van der Waals surface area contributed by atoms with Gasteiger partial charge in [0, 0.05) is 58.0 Å². The van der Waals surface area contributed by atoms with E-state index in [9.17, 15) is 30.0 Å². The summed E-state index contributed by atoms with van der Waals surface area (Å²) in [6.07, 6.45) is 4.00. The highest BCUT2D eigenvalue weighted by Gasteiger charge is 2.48. The van der Waals surface area contributed by atoms with Crippen molar-refractivity contribution in [1.29, 1.82) is 0 Å². The van der Waals surface area contributed by atoms with E-state index in [1.54, 1.807) is 18.2 Å². The number of benzene rings is 4. The third-order valence-corrected chi connectivity index (χ3v) is 15.8. The van der Waals surface area contributed by atoms with Crippen LogP contribution in [-0.2, 0) is 39.4 Å². The molecule has 3 heterocycles. The van der Waals surface area contributed by atoms with Gasteiger partial charge in [0.15, 0.2) is 0 Å². The molecule has 0 saturated carbocycles. The normalized spacial score (nSPS) is 16.2. The first-order valence-electron chi connectivity index (χ1n) is 20.4. The second kappa shape index (κ2) is 20.1. The number of nitrogens with one attached hydrogen (secondary N) is 2. The fraction of sp³-hybridized carbons (Fsp3) is 0.364. The standard InChI is InChI=1S/C44H48Cl2F3N7O4S3/c1-54(2)20-16-34(28-61-36-8-5-7-33(46)24-36)52-40-15-14-37(25-42(40)62(57,58)44(47,48)49)63(59,60)53-43-39-19-23-56(27-41(39)50-29-51-43)35-17-21-55(22-18-35)26-31-6-3-4-9-38(31)30-10-12-32(45)13-11-30/h3-15,24-25,29,34-35,52H,16-23,26-28H2,1-2H3,(H,50,51,53)/t34-/m1/s1. The number of hydrogen-bond acceptors (Lipinski definition) is 11. The Kier molecular flexibility index (Phi) is 15.0. The van der Waals surface area contributed by atoms with E-state index in [-0.39, 0.29) is 17.5 Å². The van der Waals surface area contributed by atoms with Crippen LogP contribution >= 0.6 is 35.0 Å². The number of likely N-dealkylation sites (tertiary alicyclic amines) is 1. The molecule has 7 rings (SSSR count). The lowest BCUT2D eigenvalue weighted by atomic mass is 9.96. The van der Waals surface area contributed by atoms with E-state index in [4.69, 9.17) is 23.2 Å². The minimum atomic E-state index is -6.01. The zero-order chi connectivity index (χ0) is 44.9. The number of halogens is 5. The van der Waals surface area contributed by atoms with Crippen molar-refractivity contribution in [3.05, 3.63) is 124 Å². The third kappa shape index (κ3) is 11.7. The van der Waals surface area contributed by atoms with Crippen LogP contribution in [0.5, 0.6) is 0 Å². The van der Waals surface area contributed by atoms with Gasteiger partial charge in [0.2, 0.25) is 0 Å². The molecule has 2 aliphatic heterocycles. The van der Waals surface area contributed by atoms with Gasteiger partial charge in [-0.05, 0) is 125 Å². The number of sulfone groups is 1. The van der Waals surface area contributed by atoms with Crippen LogP contribution in [0.4, 0.5) is 24.7 Å². The van der Waals surface area contributed by atoms with E-state index in [1.165, 1.54) is 29.2 Å². The average Bonchev–Trinajstić information content (AvgIpc) is 3.25. The largest absolute Gasteiger partial charge is 0.501 e. The van der Waals surface area contributed by atoms with Crippen LogP contribution in [0, 0.1) is 0 Å². The molecule has 2 aliphatic rings. The first kappa shape index (κ1) is 47.0. The van der Waals surface area contributed by atoms with Crippen LogP contribution in [0.15, 0.2) is 112 Å². The Morgan fingerprint density at radius 1 is 0.889 bits per heavy atom. The van der Waals surface area contributed by atoms with Gasteiger partial charge in [0.25, 0.3) is 19.9 Å². The topological polar surface area (TPSA) is 128 Å². The summed E-state index contributed by atoms with van der Waals surface area (Å²) in [5.74, 6) is 0.343. The number of aromatic nitrogens is 2. The molecule has 11 nitrogen and oxygen atoms in total. The minimum Gasteiger partial charge on any atom is -0.380 e. The Labute approximate surface area is 381 Å². The van der Waals surface area contributed by atoms with Gasteiger partial charge < -0.3 is 10.2 Å². The quantitative estimate of drug-likeness (QED) is 0.0920. The van der Waals surface area contributed by atoms with Gasteiger partial charge >= 0.3 is 5.51 Å². The molecule has 5 aromatic rings. The Bertz CT molecular complexity index is 2620. The van der Waals surface area contributed by atoms with Gasteiger partial charge in [-0.1, -0.05) is 65.7 Å². The number of thioether (sulfide) groups is 1. The van der Waals surface area contributed by atoms with Gasteiger partial charge in [-0.15, -0.1) is 11.8 Å². The van der Waals surface area contributed by atoms with E-state index >= 15 is 0 Å². The molecule has 0 radical (unpaired) electrons. The molecular weight excluding hydrogens is 915 g/mol. The predicted molar refractivity (Wildman–Crippen MR) is 245 cm³/mol. The molecule has 2 N–H and O–H groups in total. The van der Waals surface area contributed by atoms with Crippen LogP contribution in [0.25, 0.3) is 11.1 Å². The number of sulfonamides is 1. The zero-order valence-corrected chi connectivity index (χ0v) is 38.6. The molecule has 1 atom stereocenters. The summed E-state index contributed by atoms with van der Waals surface area (Å²) in [7, 11) is -6.95. The molecule has 0 aliphatic carbocycles. The molecule has 0 amide bonds. The van der Waals surface area contributed by atoms with Crippen LogP contribution in [0.2, 0.25) is 10.0 Å². The number of anilines is 2. The second-order valence-corrected chi connectivity index (χ2v) is 21.5. The minimum absolute atomic E-state index is 0.00181. The summed E-state index contributed by atoms with van der Waals surface area (Å²) in [4.78, 5) is 14.4. The van der Waals surface area contributed by atoms with Gasteiger partial charge in [-0.3, -0.25) is 14.5 Å². The number of fused-ring (bicyclic) bond motifs is 1. The maximum absolute atomic E-state index is 14.2. The molecule has 0 bridgehead atoms. The third-order valence-electron chi connectivity index (χ3n) is 11.3. The van der Waals surface area contributed by atoms with E-state index in [1.807, 2.05) is 55.4 Å². The van der Waals surface area contributed by atoms with Crippen molar-refractivity contribution in [1.82, 2.24) is 24.7 Å². The van der Waals surface area contributed by atoms with Gasteiger partial charge in [0.1, 0.15) is 17.0 Å². The summed E-state index contributed by atoms with van der Waals surface area (Å²) in [5, 5.41) is 4.19. The van der Waals surface area contributed by atoms with Crippen LogP contribution in [-0.4, -0.2) is 105 Å². The summed E-state index contributed by atoms with van der Waals surface area (Å²) in [6.45, 7) is 4.24. The summed E-state index contributed by atoms with van der Waals surface area (Å²) >= 11 is 13.7. The lowest BCUT2D eigenvalue weighted by molar-refractivity contribution is -0.0435. The highest BCUT2D eigenvalue weighted by atomic mass is 35.5. The first-order chi connectivity index (χ1) is 30.0. The second-order valence-electron chi connectivity index (χ2n) is 16.0. The van der Waals surface area contributed by atoms with E-state index in [2.05, 4.69) is 48.0 Å². The molecule has 63 heavy (non-hydrogen) atoms. The number of alkyl halides is 3. The Morgan fingerprint density at radius 3 is 2.35 bits per heavy atom.